The van der Waals surface area contributed by atoms with Gasteiger partial charge in [-0.1, -0.05) is 19.1 Å². The van der Waals surface area contributed by atoms with E-state index in [9.17, 15) is 0 Å². The van der Waals surface area contributed by atoms with Crippen molar-refractivity contribution in [2.45, 2.75) is 44.6 Å². The summed E-state index contributed by atoms with van der Waals surface area (Å²) in [6.45, 7) is 7.27. The highest BCUT2D eigenvalue weighted by atomic mass is 15.2. The monoisotopic (exact) mass is 244 g/mol. The van der Waals surface area contributed by atoms with Gasteiger partial charge >= 0.3 is 0 Å². The first-order valence-electron chi connectivity index (χ1n) is 7.19. The zero-order valence-electron chi connectivity index (χ0n) is 11.5. The SMILES string of the molecule is CC1CC(C)N(CC2(c3ccc(N)cc3)CC2)C1. The van der Waals surface area contributed by atoms with E-state index in [-0.39, 0.29) is 0 Å². The number of benzene rings is 1. The molecule has 1 heterocycles. The van der Waals surface area contributed by atoms with Crippen molar-refractivity contribution in [3.05, 3.63) is 29.8 Å². The lowest BCUT2D eigenvalue weighted by Crippen LogP contribution is -2.35. The molecular weight excluding hydrogens is 220 g/mol. The Labute approximate surface area is 110 Å². The van der Waals surface area contributed by atoms with Gasteiger partial charge in [0.15, 0.2) is 0 Å². The summed E-state index contributed by atoms with van der Waals surface area (Å²) in [5.41, 5.74) is 8.58. The van der Waals surface area contributed by atoms with Crippen molar-refractivity contribution in [2.24, 2.45) is 5.92 Å². The van der Waals surface area contributed by atoms with Crippen molar-refractivity contribution < 1.29 is 0 Å². The summed E-state index contributed by atoms with van der Waals surface area (Å²) >= 11 is 0. The minimum Gasteiger partial charge on any atom is -0.399 e. The topological polar surface area (TPSA) is 29.3 Å². The molecule has 0 bridgehead atoms. The van der Waals surface area contributed by atoms with Crippen LogP contribution in [-0.4, -0.2) is 24.0 Å². The fourth-order valence-corrected chi connectivity index (χ4v) is 3.52. The molecule has 98 valence electrons. The van der Waals surface area contributed by atoms with Crippen LogP contribution in [0.5, 0.6) is 0 Å². The quantitative estimate of drug-likeness (QED) is 0.828. The highest BCUT2D eigenvalue weighted by Gasteiger charge is 2.46. The van der Waals surface area contributed by atoms with Gasteiger partial charge in [-0.15, -0.1) is 0 Å². The van der Waals surface area contributed by atoms with Crippen LogP contribution in [0.25, 0.3) is 0 Å². The van der Waals surface area contributed by atoms with Gasteiger partial charge in [0.05, 0.1) is 0 Å². The van der Waals surface area contributed by atoms with Gasteiger partial charge in [-0.05, 0) is 49.8 Å². The molecule has 1 aliphatic heterocycles. The minimum atomic E-state index is 0.437. The molecule has 0 aromatic heterocycles. The lowest BCUT2D eigenvalue weighted by atomic mass is 9.95. The highest BCUT2D eigenvalue weighted by molar-refractivity contribution is 5.43. The number of hydrogen-bond acceptors (Lipinski definition) is 2. The van der Waals surface area contributed by atoms with E-state index in [1.165, 1.54) is 37.9 Å². The second-order valence-corrected chi connectivity index (χ2v) is 6.52. The van der Waals surface area contributed by atoms with Gasteiger partial charge < -0.3 is 5.73 Å². The molecule has 2 nitrogen and oxygen atoms in total. The van der Waals surface area contributed by atoms with E-state index in [0.29, 0.717) is 5.41 Å². The molecule has 0 amide bonds. The summed E-state index contributed by atoms with van der Waals surface area (Å²) < 4.78 is 0. The Balaban J connectivity index is 1.74. The van der Waals surface area contributed by atoms with Crippen molar-refractivity contribution >= 4 is 5.69 Å². The molecule has 1 aromatic rings. The Bertz CT molecular complexity index is 419. The maximum absolute atomic E-state index is 5.78. The first-order valence-corrected chi connectivity index (χ1v) is 7.19. The first-order chi connectivity index (χ1) is 8.59. The number of nitrogens with two attached hydrogens (primary N) is 1. The fourth-order valence-electron chi connectivity index (χ4n) is 3.52. The van der Waals surface area contributed by atoms with Gasteiger partial charge in [-0.25, -0.2) is 0 Å². The maximum atomic E-state index is 5.78. The van der Waals surface area contributed by atoms with E-state index in [2.05, 4.69) is 30.9 Å². The number of nitrogens with zero attached hydrogens (tertiary/aromatic N) is 1. The van der Waals surface area contributed by atoms with Gasteiger partial charge in [0, 0.05) is 30.2 Å². The molecule has 1 saturated carbocycles. The summed E-state index contributed by atoms with van der Waals surface area (Å²) in [7, 11) is 0. The first kappa shape index (κ1) is 12.0. The number of anilines is 1. The normalized spacial score (nSPS) is 30.6. The van der Waals surface area contributed by atoms with Crippen LogP contribution in [0.3, 0.4) is 0 Å². The van der Waals surface area contributed by atoms with Crippen molar-refractivity contribution in [3.8, 4) is 0 Å². The lowest BCUT2D eigenvalue weighted by molar-refractivity contribution is 0.240. The van der Waals surface area contributed by atoms with E-state index < -0.39 is 0 Å². The van der Waals surface area contributed by atoms with E-state index in [0.717, 1.165) is 17.6 Å². The number of rotatable bonds is 3. The Kier molecular flexibility index (Phi) is 2.86. The number of nitrogen functional groups attached to an aromatic ring is 1. The molecule has 2 unspecified atom stereocenters. The largest absolute Gasteiger partial charge is 0.399 e. The molecule has 1 saturated heterocycles. The van der Waals surface area contributed by atoms with Crippen LogP contribution in [0.4, 0.5) is 5.69 Å². The van der Waals surface area contributed by atoms with Crippen LogP contribution in [-0.2, 0) is 5.41 Å². The van der Waals surface area contributed by atoms with E-state index >= 15 is 0 Å². The summed E-state index contributed by atoms with van der Waals surface area (Å²) in [6, 6.07) is 9.31. The van der Waals surface area contributed by atoms with Crippen LogP contribution in [0.1, 0.15) is 38.7 Å². The minimum absolute atomic E-state index is 0.437. The van der Waals surface area contributed by atoms with Crippen LogP contribution < -0.4 is 5.73 Å². The third kappa shape index (κ3) is 2.14. The van der Waals surface area contributed by atoms with Crippen LogP contribution in [0.15, 0.2) is 24.3 Å². The second-order valence-electron chi connectivity index (χ2n) is 6.52. The Morgan fingerprint density at radius 1 is 1.22 bits per heavy atom. The molecule has 2 fully saturated rings. The van der Waals surface area contributed by atoms with Gasteiger partial charge in [0.1, 0.15) is 0 Å². The Hall–Kier alpha value is -1.02. The smallest absolute Gasteiger partial charge is 0.0314 e. The van der Waals surface area contributed by atoms with Crippen LogP contribution >= 0.6 is 0 Å². The zero-order chi connectivity index (χ0) is 12.8. The third-order valence-corrected chi connectivity index (χ3v) is 4.80. The number of likely N-dealkylation sites (tertiary alicyclic amines) is 1. The molecule has 0 radical (unpaired) electrons. The van der Waals surface area contributed by atoms with E-state index in [1.807, 2.05) is 12.1 Å². The molecule has 1 aliphatic carbocycles. The summed E-state index contributed by atoms with van der Waals surface area (Å²) in [6.07, 6.45) is 4.04. The third-order valence-electron chi connectivity index (χ3n) is 4.80. The zero-order valence-corrected chi connectivity index (χ0v) is 11.5. The molecule has 2 aliphatic rings. The predicted molar refractivity (Wildman–Crippen MR) is 76.6 cm³/mol. The van der Waals surface area contributed by atoms with Gasteiger partial charge in [0.25, 0.3) is 0 Å². The highest BCUT2D eigenvalue weighted by Crippen LogP contribution is 2.49. The fraction of sp³-hybridized carbons (Fsp3) is 0.625. The predicted octanol–water partition coefficient (Wildman–Crippen LogP) is 3.03. The molecule has 2 atom stereocenters. The van der Waals surface area contributed by atoms with E-state index in [4.69, 9.17) is 5.73 Å². The van der Waals surface area contributed by atoms with Gasteiger partial charge in [-0.3, -0.25) is 4.90 Å². The molecular formula is C16H24N2. The van der Waals surface area contributed by atoms with Crippen LogP contribution in [0, 0.1) is 5.92 Å². The summed E-state index contributed by atoms with van der Waals surface area (Å²) in [5, 5.41) is 0. The Morgan fingerprint density at radius 2 is 1.89 bits per heavy atom. The van der Waals surface area contributed by atoms with Crippen molar-refractivity contribution in [1.82, 2.24) is 4.90 Å². The Morgan fingerprint density at radius 3 is 2.39 bits per heavy atom. The van der Waals surface area contributed by atoms with E-state index in [1.54, 1.807) is 0 Å². The summed E-state index contributed by atoms with van der Waals surface area (Å²) in [4.78, 5) is 2.69. The van der Waals surface area contributed by atoms with Crippen molar-refractivity contribution in [3.63, 3.8) is 0 Å². The standard InChI is InChI=1S/C16H24N2/c1-12-9-13(2)18(10-12)11-16(7-8-16)14-3-5-15(17)6-4-14/h3-6,12-13H,7-11,17H2,1-2H3. The molecule has 1 aromatic carbocycles. The van der Waals surface area contributed by atoms with Crippen molar-refractivity contribution in [2.75, 3.05) is 18.8 Å². The molecule has 2 N–H and O–H groups in total. The molecule has 0 spiro atoms. The molecule has 18 heavy (non-hydrogen) atoms. The molecule has 3 rings (SSSR count). The van der Waals surface area contributed by atoms with Crippen molar-refractivity contribution in [1.29, 1.82) is 0 Å². The van der Waals surface area contributed by atoms with Gasteiger partial charge in [0.2, 0.25) is 0 Å². The maximum Gasteiger partial charge on any atom is 0.0314 e. The molecule has 2 heteroatoms. The summed E-state index contributed by atoms with van der Waals surface area (Å²) in [5.74, 6) is 0.863. The average Bonchev–Trinajstić information content (AvgIpc) is 3.03. The number of hydrogen-bond donors (Lipinski definition) is 1. The lowest BCUT2D eigenvalue weighted by Gasteiger charge is -2.27. The van der Waals surface area contributed by atoms with Gasteiger partial charge in [-0.2, -0.15) is 0 Å². The van der Waals surface area contributed by atoms with Crippen LogP contribution in [0.2, 0.25) is 0 Å². The second kappa shape index (κ2) is 4.27. The average molecular weight is 244 g/mol.